The molecule has 86 valence electrons. The van der Waals surface area contributed by atoms with Crippen molar-refractivity contribution in [2.75, 3.05) is 0 Å². The van der Waals surface area contributed by atoms with Crippen molar-refractivity contribution in [1.29, 1.82) is 0 Å². The van der Waals surface area contributed by atoms with E-state index in [1.807, 2.05) is 0 Å². The van der Waals surface area contributed by atoms with Gasteiger partial charge in [-0.3, -0.25) is 11.2 Å². The lowest BCUT2D eigenvalue weighted by molar-refractivity contribution is 0.375. The fourth-order valence-electron chi connectivity index (χ4n) is 1.32. The molecule has 1 atom stereocenters. The van der Waals surface area contributed by atoms with Crippen molar-refractivity contribution in [3.8, 4) is 0 Å². The van der Waals surface area contributed by atoms with Crippen LogP contribution >= 0.6 is 39.1 Å². The number of halogens is 3. The van der Waals surface area contributed by atoms with Crippen molar-refractivity contribution >= 4 is 45.1 Å². The molecule has 0 fully saturated rings. The lowest BCUT2D eigenvalue weighted by Crippen LogP contribution is -2.50. The van der Waals surface area contributed by atoms with Gasteiger partial charge in [-0.05, 0) is 28.1 Å². The molecule has 0 saturated carbocycles. The van der Waals surface area contributed by atoms with Gasteiger partial charge in [0, 0.05) is 5.56 Å². The topological polar surface area (TPSA) is 88.5 Å². The summed E-state index contributed by atoms with van der Waals surface area (Å²) in [7, 11) is 0. The SMILES string of the molecule is NC1=NC(N)(c2cc(Cl)c(Br)c(Cl)c2)NN1. The third-order valence-corrected chi connectivity index (χ3v) is 4.01. The molecule has 16 heavy (non-hydrogen) atoms. The van der Waals surface area contributed by atoms with Crippen LogP contribution in [0.4, 0.5) is 0 Å². The summed E-state index contributed by atoms with van der Waals surface area (Å²) in [6, 6.07) is 3.32. The predicted molar refractivity (Wildman–Crippen MR) is 67.9 cm³/mol. The van der Waals surface area contributed by atoms with Crippen LogP contribution in [0.15, 0.2) is 21.6 Å². The van der Waals surface area contributed by atoms with Crippen LogP contribution in [-0.2, 0) is 5.79 Å². The predicted octanol–water partition coefficient (Wildman–Crippen LogP) is 1.25. The minimum absolute atomic E-state index is 0.206. The molecule has 1 aromatic carbocycles. The molecule has 0 radical (unpaired) electrons. The second kappa shape index (κ2) is 4.05. The van der Waals surface area contributed by atoms with Gasteiger partial charge in [-0.25, -0.2) is 4.99 Å². The van der Waals surface area contributed by atoms with Crippen LogP contribution in [0.3, 0.4) is 0 Å². The van der Waals surface area contributed by atoms with Crippen molar-refractivity contribution < 1.29 is 0 Å². The average molecular weight is 325 g/mol. The Morgan fingerprint density at radius 3 is 2.31 bits per heavy atom. The Hall–Kier alpha value is -0.530. The minimum atomic E-state index is -1.15. The van der Waals surface area contributed by atoms with E-state index in [0.717, 1.165) is 0 Å². The molecular formula is C8H8BrCl2N5. The molecule has 0 spiro atoms. The fourth-order valence-corrected chi connectivity index (χ4v) is 2.03. The number of hydrogen-bond acceptors (Lipinski definition) is 5. The smallest absolute Gasteiger partial charge is 0.209 e. The van der Waals surface area contributed by atoms with E-state index in [-0.39, 0.29) is 5.96 Å². The summed E-state index contributed by atoms with van der Waals surface area (Å²) >= 11 is 15.2. The average Bonchev–Trinajstić information content (AvgIpc) is 2.56. The van der Waals surface area contributed by atoms with Gasteiger partial charge in [0.15, 0.2) is 0 Å². The third kappa shape index (κ3) is 1.99. The van der Waals surface area contributed by atoms with Gasteiger partial charge in [-0.1, -0.05) is 23.2 Å². The summed E-state index contributed by atoms with van der Waals surface area (Å²) in [5.41, 5.74) is 17.4. The highest BCUT2D eigenvalue weighted by molar-refractivity contribution is 9.10. The molecule has 0 saturated heterocycles. The van der Waals surface area contributed by atoms with Gasteiger partial charge in [-0.2, -0.15) is 5.43 Å². The number of aliphatic imine (C=N–C) groups is 1. The first kappa shape index (κ1) is 11.9. The monoisotopic (exact) mass is 323 g/mol. The largest absolute Gasteiger partial charge is 0.369 e. The molecule has 6 N–H and O–H groups in total. The Kier molecular flexibility index (Phi) is 3.02. The van der Waals surface area contributed by atoms with E-state index in [0.29, 0.717) is 20.1 Å². The molecule has 1 aliphatic heterocycles. The Bertz CT molecular complexity index is 454. The van der Waals surface area contributed by atoms with Crippen LogP contribution < -0.4 is 22.3 Å². The van der Waals surface area contributed by atoms with Gasteiger partial charge in [0.2, 0.25) is 11.7 Å². The lowest BCUT2D eigenvalue weighted by Gasteiger charge is -2.21. The van der Waals surface area contributed by atoms with E-state index in [9.17, 15) is 0 Å². The van der Waals surface area contributed by atoms with Crippen molar-refractivity contribution in [1.82, 2.24) is 10.9 Å². The molecule has 0 aliphatic carbocycles. The van der Waals surface area contributed by atoms with Crippen LogP contribution in [0.2, 0.25) is 10.0 Å². The zero-order valence-corrected chi connectivity index (χ0v) is 11.0. The molecule has 8 heteroatoms. The number of rotatable bonds is 1. The number of nitrogens with one attached hydrogen (secondary N) is 2. The van der Waals surface area contributed by atoms with Crippen LogP contribution in [0.1, 0.15) is 5.56 Å². The van der Waals surface area contributed by atoms with E-state index in [4.69, 9.17) is 34.7 Å². The summed E-state index contributed by atoms with van der Waals surface area (Å²) < 4.78 is 0.617. The van der Waals surface area contributed by atoms with E-state index in [2.05, 4.69) is 31.8 Å². The van der Waals surface area contributed by atoms with Crippen LogP contribution in [-0.4, -0.2) is 5.96 Å². The number of guanidine groups is 1. The molecule has 0 bridgehead atoms. The second-order valence-electron chi connectivity index (χ2n) is 3.27. The maximum Gasteiger partial charge on any atom is 0.209 e. The zero-order valence-electron chi connectivity index (χ0n) is 7.89. The van der Waals surface area contributed by atoms with E-state index < -0.39 is 5.79 Å². The minimum Gasteiger partial charge on any atom is -0.369 e. The number of benzene rings is 1. The second-order valence-corrected chi connectivity index (χ2v) is 4.87. The number of nitrogens with zero attached hydrogens (tertiary/aromatic N) is 1. The standard InChI is InChI=1S/C8H8BrCl2N5/c9-6-4(10)1-3(2-5(6)11)8(13)14-7(12)15-16-8/h1-2,16H,13H2,(H3,12,14,15). The van der Waals surface area contributed by atoms with Crippen LogP contribution in [0.25, 0.3) is 0 Å². The highest BCUT2D eigenvalue weighted by Gasteiger charge is 2.32. The number of hydrogen-bond donors (Lipinski definition) is 4. The Morgan fingerprint density at radius 2 is 1.88 bits per heavy atom. The maximum atomic E-state index is 5.98. The molecule has 0 amide bonds. The number of hydrazine groups is 1. The molecule has 1 aliphatic rings. The van der Waals surface area contributed by atoms with Gasteiger partial charge in [0.25, 0.3) is 0 Å². The van der Waals surface area contributed by atoms with E-state index in [1.54, 1.807) is 12.1 Å². The number of nitrogens with two attached hydrogens (primary N) is 2. The fraction of sp³-hybridized carbons (Fsp3) is 0.125. The normalized spacial score (nSPS) is 24.1. The lowest BCUT2D eigenvalue weighted by atomic mass is 10.1. The molecule has 1 unspecified atom stereocenters. The summed E-state index contributed by atoms with van der Waals surface area (Å²) in [4.78, 5) is 4.02. The van der Waals surface area contributed by atoms with Crippen molar-refractivity contribution in [3.63, 3.8) is 0 Å². The molecule has 0 aromatic heterocycles. The van der Waals surface area contributed by atoms with Gasteiger partial charge < -0.3 is 5.73 Å². The molecular weight excluding hydrogens is 317 g/mol. The zero-order chi connectivity index (χ0) is 11.9. The molecule has 5 nitrogen and oxygen atoms in total. The summed E-state index contributed by atoms with van der Waals surface area (Å²) in [5.74, 6) is -0.949. The van der Waals surface area contributed by atoms with Crippen molar-refractivity contribution in [2.24, 2.45) is 16.5 Å². The summed E-state index contributed by atoms with van der Waals surface area (Å²) in [5, 5.41) is 0.907. The summed E-state index contributed by atoms with van der Waals surface area (Å²) in [6.07, 6.45) is 0. The van der Waals surface area contributed by atoms with Gasteiger partial charge >= 0.3 is 0 Å². The summed E-state index contributed by atoms with van der Waals surface area (Å²) in [6.45, 7) is 0. The van der Waals surface area contributed by atoms with Crippen molar-refractivity contribution in [2.45, 2.75) is 5.79 Å². The third-order valence-electron chi connectivity index (χ3n) is 2.10. The Labute approximate surface area is 110 Å². The first-order valence-corrected chi connectivity index (χ1v) is 5.80. The van der Waals surface area contributed by atoms with Crippen molar-refractivity contribution in [3.05, 3.63) is 32.2 Å². The van der Waals surface area contributed by atoms with E-state index >= 15 is 0 Å². The van der Waals surface area contributed by atoms with Crippen LogP contribution in [0, 0.1) is 0 Å². The van der Waals surface area contributed by atoms with Gasteiger partial charge in [0.05, 0.1) is 14.5 Å². The van der Waals surface area contributed by atoms with Gasteiger partial charge in [-0.15, -0.1) is 0 Å². The Balaban J connectivity index is 2.50. The molecule has 1 heterocycles. The molecule has 1 aromatic rings. The van der Waals surface area contributed by atoms with Gasteiger partial charge in [0.1, 0.15) is 0 Å². The van der Waals surface area contributed by atoms with Crippen LogP contribution in [0.5, 0.6) is 0 Å². The first-order chi connectivity index (χ1) is 7.42. The molecule has 2 rings (SSSR count). The first-order valence-electron chi connectivity index (χ1n) is 4.25. The quantitative estimate of drug-likeness (QED) is 0.585. The maximum absolute atomic E-state index is 5.98. The highest BCUT2D eigenvalue weighted by Crippen LogP contribution is 2.34. The van der Waals surface area contributed by atoms with E-state index in [1.165, 1.54) is 0 Å². The Morgan fingerprint density at radius 1 is 1.31 bits per heavy atom. The highest BCUT2D eigenvalue weighted by atomic mass is 79.9.